The molecular weight excluding hydrogens is 563 g/mol. The fraction of sp³-hybridized carbons (Fsp3) is 0.222. The molecule has 0 aliphatic rings. The van der Waals surface area contributed by atoms with Crippen LogP contribution in [0.5, 0.6) is 0 Å². The van der Waals surface area contributed by atoms with Crippen LogP contribution < -0.4 is 11.2 Å². The van der Waals surface area contributed by atoms with E-state index in [2.05, 4.69) is 15.6 Å². The summed E-state index contributed by atoms with van der Waals surface area (Å²) in [7, 11) is 0. The Labute approximate surface area is 236 Å². The lowest BCUT2D eigenvalue weighted by Gasteiger charge is -2.25. The van der Waals surface area contributed by atoms with Gasteiger partial charge in [0, 0.05) is 24.1 Å². The van der Waals surface area contributed by atoms with Crippen molar-refractivity contribution in [3.8, 4) is 11.1 Å². The molecular formula is C27H24ClFN4O8. The van der Waals surface area contributed by atoms with Crippen molar-refractivity contribution in [1.29, 1.82) is 0 Å². The van der Waals surface area contributed by atoms with E-state index >= 15 is 0 Å². The molecule has 214 valence electrons. The summed E-state index contributed by atoms with van der Waals surface area (Å²) in [4.78, 5) is 48.0. The summed E-state index contributed by atoms with van der Waals surface area (Å²) in [6.45, 7) is 1.86. The summed E-state index contributed by atoms with van der Waals surface area (Å²) in [6, 6.07) is 12.1. The number of halogens is 2. The van der Waals surface area contributed by atoms with Crippen LogP contribution in [0, 0.1) is 12.7 Å². The fourth-order valence-corrected chi connectivity index (χ4v) is 3.90. The van der Waals surface area contributed by atoms with Crippen LogP contribution in [-0.2, 0) is 22.7 Å². The molecule has 41 heavy (non-hydrogen) atoms. The first-order chi connectivity index (χ1) is 19.5. The predicted octanol–water partition coefficient (Wildman–Crippen LogP) is 3.18. The van der Waals surface area contributed by atoms with Crippen molar-refractivity contribution in [3.63, 3.8) is 0 Å². The minimum absolute atomic E-state index is 0.00218. The number of aliphatic hydroxyl groups excluding tert-OH is 1. The van der Waals surface area contributed by atoms with Crippen LogP contribution in [-0.4, -0.2) is 50.6 Å². The SMILES string of the molecule is CC(=O)c1cc(C(=O)NN(Cc2ccc(-c3cc(Cl)ccc3F)cc2)C[C@@H](O)C(=O)OCc2oc(=O)oc2C)[nH]n1. The topological polar surface area (TPSA) is 168 Å². The maximum absolute atomic E-state index is 14.3. The van der Waals surface area contributed by atoms with Crippen molar-refractivity contribution in [2.75, 3.05) is 6.54 Å². The van der Waals surface area contributed by atoms with E-state index in [9.17, 15) is 28.7 Å². The van der Waals surface area contributed by atoms with Gasteiger partial charge in [0.05, 0.1) is 6.54 Å². The average Bonchev–Trinajstić information content (AvgIpc) is 3.55. The second-order valence-electron chi connectivity index (χ2n) is 8.92. The molecule has 4 rings (SSSR count). The van der Waals surface area contributed by atoms with Crippen LogP contribution in [0.3, 0.4) is 0 Å². The number of ketones is 1. The molecule has 12 nitrogen and oxygen atoms in total. The minimum atomic E-state index is -1.73. The van der Waals surface area contributed by atoms with Crippen LogP contribution in [0.4, 0.5) is 4.39 Å². The Hall–Kier alpha value is -4.59. The molecule has 3 N–H and O–H groups in total. The van der Waals surface area contributed by atoms with Gasteiger partial charge in [-0.25, -0.2) is 19.0 Å². The number of aliphatic hydroxyl groups is 1. The molecule has 4 aromatic rings. The maximum atomic E-state index is 14.3. The Morgan fingerprint density at radius 1 is 1.17 bits per heavy atom. The lowest BCUT2D eigenvalue weighted by Crippen LogP contribution is -2.47. The van der Waals surface area contributed by atoms with Gasteiger partial charge in [0.2, 0.25) is 0 Å². The molecule has 1 amide bonds. The Balaban J connectivity index is 1.49. The monoisotopic (exact) mass is 586 g/mol. The number of nitrogens with one attached hydrogen (secondary N) is 2. The lowest BCUT2D eigenvalue weighted by molar-refractivity contribution is -0.157. The smallest absolute Gasteiger partial charge is 0.455 e. The van der Waals surface area contributed by atoms with E-state index in [1.54, 1.807) is 24.3 Å². The fourth-order valence-electron chi connectivity index (χ4n) is 3.72. The van der Waals surface area contributed by atoms with Crippen LogP contribution in [0.15, 0.2) is 62.2 Å². The van der Waals surface area contributed by atoms with Crippen molar-refractivity contribution in [2.45, 2.75) is 33.1 Å². The zero-order valence-corrected chi connectivity index (χ0v) is 22.5. The molecule has 2 heterocycles. The Morgan fingerprint density at radius 3 is 2.54 bits per heavy atom. The molecule has 0 spiro atoms. The van der Waals surface area contributed by atoms with Crippen molar-refractivity contribution < 1.29 is 37.5 Å². The summed E-state index contributed by atoms with van der Waals surface area (Å²) in [5.74, 6) is -3.41. The number of nitrogens with zero attached hydrogens (tertiary/aromatic N) is 2. The first-order valence-corrected chi connectivity index (χ1v) is 12.5. The van der Waals surface area contributed by atoms with E-state index in [1.807, 2.05) is 0 Å². The lowest BCUT2D eigenvalue weighted by atomic mass is 10.0. The molecule has 0 unspecified atom stereocenters. The third kappa shape index (κ3) is 7.54. The number of hydrogen-bond acceptors (Lipinski definition) is 10. The standard InChI is InChI=1S/C27H24ClFN4O8/c1-14(34)21-10-22(31-30-21)25(36)32-33(12-23(35)26(37)39-13-24-15(2)40-27(38)41-24)11-16-3-5-17(6-4-16)19-9-18(28)7-8-20(19)29/h3-10,23,35H,11-13H2,1-2H3,(H,30,31)(H,32,36)/t23-/m1/s1. The number of aromatic amines is 1. The third-order valence-electron chi connectivity index (χ3n) is 5.86. The average molecular weight is 587 g/mol. The summed E-state index contributed by atoms with van der Waals surface area (Å²) in [5, 5.41) is 18.4. The van der Waals surface area contributed by atoms with Gasteiger partial charge in [0.15, 0.2) is 30.0 Å². The van der Waals surface area contributed by atoms with E-state index in [0.717, 1.165) is 0 Å². The first-order valence-electron chi connectivity index (χ1n) is 12.1. The van der Waals surface area contributed by atoms with E-state index in [-0.39, 0.29) is 35.2 Å². The van der Waals surface area contributed by atoms with Gasteiger partial charge >= 0.3 is 11.8 Å². The third-order valence-corrected chi connectivity index (χ3v) is 6.09. The van der Waals surface area contributed by atoms with Gasteiger partial charge in [0.1, 0.15) is 17.2 Å². The van der Waals surface area contributed by atoms with Crippen LogP contribution in [0.1, 0.15) is 45.0 Å². The largest absolute Gasteiger partial charge is 0.519 e. The van der Waals surface area contributed by atoms with Crippen molar-refractivity contribution >= 4 is 29.3 Å². The number of benzene rings is 2. The number of carbonyl (C=O) groups is 3. The second kappa shape index (κ2) is 12.7. The van der Waals surface area contributed by atoms with Gasteiger partial charge in [-0.2, -0.15) is 5.10 Å². The number of H-pyrrole nitrogens is 1. The van der Waals surface area contributed by atoms with Gasteiger partial charge in [0.25, 0.3) is 5.91 Å². The van der Waals surface area contributed by atoms with Gasteiger partial charge < -0.3 is 18.7 Å². The number of Topliss-reactive ketones (excluding diaryl/α,β-unsaturated/α-hetero) is 1. The van der Waals surface area contributed by atoms with Gasteiger partial charge in [-0.05, 0) is 42.3 Å². The number of esters is 1. The zero-order valence-electron chi connectivity index (χ0n) is 21.8. The summed E-state index contributed by atoms with van der Waals surface area (Å²) >= 11 is 6.00. The zero-order chi connectivity index (χ0) is 29.7. The molecule has 14 heteroatoms. The van der Waals surface area contributed by atoms with Crippen LogP contribution in [0.25, 0.3) is 11.1 Å². The Bertz CT molecular complexity index is 1630. The minimum Gasteiger partial charge on any atom is -0.455 e. The van der Waals surface area contributed by atoms with Gasteiger partial charge in [-0.1, -0.05) is 35.9 Å². The molecule has 0 bridgehead atoms. The maximum Gasteiger partial charge on any atom is 0.519 e. The predicted molar refractivity (Wildman–Crippen MR) is 141 cm³/mol. The summed E-state index contributed by atoms with van der Waals surface area (Å²) in [5.41, 5.74) is 4.07. The quantitative estimate of drug-likeness (QED) is 0.135. The number of aryl methyl sites for hydroxylation is 1. The number of carbonyl (C=O) groups excluding carboxylic acids is 3. The molecule has 0 aliphatic heterocycles. The normalized spacial score (nSPS) is 11.9. The van der Waals surface area contributed by atoms with E-state index < -0.39 is 42.8 Å². The number of ether oxygens (including phenoxy) is 1. The summed E-state index contributed by atoms with van der Waals surface area (Å²) in [6.07, 6.45) is -1.73. The van der Waals surface area contributed by atoms with Crippen LogP contribution >= 0.6 is 11.6 Å². The highest BCUT2D eigenvalue weighted by atomic mass is 35.5. The second-order valence-corrected chi connectivity index (χ2v) is 9.36. The van der Waals surface area contributed by atoms with Gasteiger partial charge in [-0.3, -0.25) is 20.1 Å². The Kier molecular flexibility index (Phi) is 9.12. The van der Waals surface area contributed by atoms with Crippen LogP contribution in [0.2, 0.25) is 5.02 Å². The molecule has 0 saturated heterocycles. The molecule has 0 fully saturated rings. The molecule has 0 aliphatic carbocycles. The molecule has 2 aromatic heterocycles. The molecule has 2 aromatic carbocycles. The van der Waals surface area contributed by atoms with E-state index in [4.69, 9.17) is 25.2 Å². The van der Waals surface area contributed by atoms with E-state index in [1.165, 1.54) is 43.1 Å². The Morgan fingerprint density at radius 2 is 1.90 bits per heavy atom. The first kappa shape index (κ1) is 29.4. The highest BCUT2D eigenvalue weighted by molar-refractivity contribution is 6.30. The summed E-state index contributed by atoms with van der Waals surface area (Å²) < 4.78 is 28.8. The highest BCUT2D eigenvalue weighted by Gasteiger charge is 2.24. The number of aromatic nitrogens is 2. The number of amides is 1. The molecule has 0 radical (unpaired) electrons. The van der Waals surface area contributed by atoms with Crippen molar-refractivity contribution in [3.05, 3.63) is 98.5 Å². The number of rotatable bonds is 11. The van der Waals surface area contributed by atoms with Gasteiger partial charge in [-0.15, -0.1) is 0 Å². The number of hydrogen-bond donors (Lipinski definition) is 3. The molecule has 0 saturated carbocycles. The number of hydrazine groups is 1. The van der Waals surface area contributed by atoms with E-state index in [0.29, 0.717) is 21.7 Å². The van der Waals surface area contributed by atoms with Crippen molar-refractivity contribution in [1.82, 2.24) is 20.6 Å². The molecule has 1 atom stereocenters. The van der Waals surface area contributed by atoms with Crippen molar-refractivity contribution in [2.24, 2.45) is 0 Å². The highest BCUT2D eigenvalue weighted by Crippen LogP contribution is 2.26.